The summed E-state index contributed by atoms with van der Waals surface area (Å²) in [5, 5.41) is 13.8. The normalized spacial score (nSPS) is 15.3. The highest BCUT2D eigenvalue weighted by molar-refractivity contribution is 7.13. The van der Waals surface area contributed by atoms with Crippen molar-refractivity contribution < 1.29 is 4.79 Å². The van der Waals surface area contributed by atoms with Crippen molar-refractivity contribution in [1.29, 1.82) is 0 Å². The van der Waals surface area contributed by atoms with Crippen molar-refractivity contribution in [2.75, 3.05) is 10.6 Å². The highest BCUT2D eigenvalue weighted by atomic mass is 35.5. The van der Waals surface area contributed by atoms with Crippen LogP contribution in [-0.4, -0.2) is 25.7 Å². The molecule has 7 nitrogen and oxygen atoms in total. The minimum atomic E-state index is -0.603. The number of hydrogen-bond acceptors (Lipinski definition) is 6. The molecule has 0 saturated heterocycles. The minimum Gasteiger partial charge on any atom is -0.328 e. The number of nitrogens with zero attached hydrogens (tertiary/aromatic N) is 4. The first-order valence-corrected chi connectivity index (χ1v) is 11.3. The maximum atomic E-state index is 13.4. The van der Waals surface area contributed by atoms with Crippen LogP contribution < -0.4 is 10.6 Å². The lowest BCUT2D eigenvalue weighted by Gasteiger charge is -2.29. The summed E-state index contributed by atoms with van der Waals surface area (Å²) in [7, 11) is 0. The largest absolute Gasteiger partial charge is 0.328 e. The first-order chi connectivity index (χ1) is 15.5. The molecular weight excluding hydrogens is 467 g/mol. The Kier molecular flexibility index (Phi) is 5.42. The summed E-state index contributed by atoms with van der Waals surface area (Å²) in [4.78, 5) is 23.1. The number of thiophene rings is 1. The quantitative estimate of drug-likeness (QED) is 0.393. The average molecular weight is 483 g/mol. The minimum absolute atomic E-state index is 0.294. The van der Waals surface area contributed by atoms with Crippen LogP contribution in [0.5, 0.6) is 0 Å². The zero-order valence-electron chi connectivity index (χ0n) is 16.7. The second-order valence-electron chi connectivity index (χ2n) is 7.11. The Morgan fingerprint density at radius 2 is 2.09 bits per heavy atom. The third-order valence-corrected chi connectivity index (χ3v) is 6.44. The second-order valence-corrected chi connectivity index (χ2v) is 8.90. The van der Waals surface area contributed by atoms with Gasteiger partial charge in [0.1, 0.15) is 6.04 Å². The lowest BCUT2D eigenvalue weighted by Crippen LogP contribution is -2.31. The van der Waals surface area contributed by atoms with Crippen LogP contribution in [0, 0.1) is 0 Å². The van der Waals surface area contributed by atoms with E-state index in [9.17, 15) is 4.79 Å². The summed E-state index contributed by atoms with van der Waals surface area (Å²) >= 11 is 14.3. The van der Waals surface area contributed by atoms with Gasteiger partial charge >= 0.3 is 0 Å². The van der Waals surface area contributed by atoms with E-state index in [1.54, 1.807) is 52.7 Å². The fraction of sp³-hybridized carbons (Fsp3) is 0.0909. The van der Waals surface area contributed by atoms with E-state index in [0.29, 0.717) is 44.3 Å². The van der Waals surface area contributed by atoms with Crippen molar-refractivity contribution in [3.63, 3.8) is 0 Å². The van der Waals surface area contributed by atoms with Crippen molar-refractivity contribution >= 4 is 52.1 Å². The molecule has 0 saturated carbocycles. The number of halogens is 2. The Balaban J connectivity index is 1.64. The van der Waals surface area contributed by atoms with Crippen molar-refractivity contribution in [1.82, 2.24) is 19.7 Å². The summed E-state index contributed by atoms with van der Waals surface area (Å²) in [5.41, 5.74) is 2.40. The number of benzene rings is 1. The number of carbonyl (C=O) groups is 1. The van der Waals surface area contributed by atoms with Crippen LogP contribution in [0.2, 0.25) is 10.0 Å². The Morgan fingerprint density at radius 3 is 2.81 bits per heavy atom. The number of pyridine rings is 1. The molecule has 0 fully saturated rings. The van der Waals surface area contributed by atoms with E-state index in [1.165, 1.54) is 0 Å². The number of allylic oxidation sites excluding steroid dienone is 1. The molecule has 0 radical (unpaired) electrons. The number of aromatic nitrogens is 4. The number of carbonyl (C=O) groups excluding carboxylic acids is 1. The lowest BCUT2D eigenvalue weighted by atomic mass is 9.95. The van der Waals surface area contributed by atoms with E-state index in [0.717, 1.165) is 4.88 Å². The van der Waals surface area contributed by atoms with Gasteiger partial charge in [0.25, 0.3) is 5.91 Å². The third kappa shape index (κ3) is 3.77. The van der Waals surface area contributed by atoms with Gasteiger partial charge in [-0.1, -0.05) is 35.3 Å². The molecule has 1 atom stereocenters. The fourth-order valence-corrected chi connectivity index (χ4v) is 4.77. The molecule has 4 aromatic rings. The maximum Gasteiger partial charge on any atom is 0.255 e. The van der Waals surface area contributed by atoms with E-state index in [4.69, 9.17) is 28.3 Å². The van der Waals surface area contributed by atoms with Gasteiger partial charge < -0.3 is 10.6 Å². The molecule has 4 heterocycles. The van der Waals surface area contributed by atoms with Gasteiger partial charge in [0.15, 0.2) is 5.82 Å². The molecule has 32 heavy (non-hydrogen) atoms. The van der Waals surface area contributed by atoms with Crippen molar-refractivity contribution in [2.45, 2.75) is 13.0 Å². The topological polar surface area (TPSA) is 84.7 Å². The third-order valence-electron chi connectivity index (χ3n) is 5.02. The zero-order chi connectivity index (χ0) is 22.2. The van der Waals surface area contributed by atoms with Gasteiger partial charge in [-0.05, 0) is 42.6 Å². The molecule has 0 spiro atoms. The van der Waals surface area contributed by atoms with E-state index in [2.05, 4.69) is 20.6 Å². The molecule has 1 unspecified atom stereocenters. The number of nitrogens with one attached hydrogen (secondary N) is 2. The van der Waals surface area contributed by atoms with Gasteiger partial charge in [-0.2, -0.15) is 4.98 Å². The fourth-order valence-electron chi connectivity index (χ4n) is 3.60. The summed E-state index contributed by atoms with van der Waals surface area (Å²) in [6.45, 7) is 1.83. The molecule has 1 aliphatic rings. The standard InChI is InChI=1S/C22H16Cl2N6OS/c1-12-18(21(31)27-14-4-2-8-25-11-14)19(15-7-6-13(23)10-16(15)24)30-22(26-12)28-20(29-30)17-5-3-9-32-17/h2-11,19H,1H3,(H,27,31)(H,26,28,29). The monoisotopic (exact) mass is 482 g/mol. The number of amides is 1. The average Bonchev–Trinajstić information content (AvgIpc) is 3.43. The number of hydrogen-bond donors (Lipinski definition) is 2. The van der Waals surface area contributed by atoms with Crippen LogP contribution in [0.15, 0.2) is 71.5 Å². The Bertz CT molecular complexity index is 1330. The van der Waals surface area contributed by atoms with Gasteiger partial charge in [-0.3, -0.25) is 9.78 Å². The molecular formula is C22H16Cl2N6OS. The first kappa shape index (κ1) is 20.7. The summed E-state index contributed by atoms with van der Waals surface area (Å²) in [6.07, 6.45) is 3.23. The van der Waals surface area contributed by atoms with Gasteiger partial charge in [0, 0.05) is 27.5 Å². The highest BCUT2D eigenvalue weighted by Crippen LogP contribution is 2.40. The van der Waals surface area contributed by atoms with Crippen LogP contribution in [-0.2, 0) is 4.79 Å². The predicted molar refractivity (Wildman–Crippen MR) is 127 cm³/mol. The molecule has 1 aliphatic heterocycles. The lowest BCUT2D eigenvalue weighted by molar-refractivity contribution is -0.113. The van der Waals surface area contributed by atoms with Crippen LogP contribution in [0.25, 0.3) is 10.7 Å². The molecule has 5 rings (SSSR count). The number of fused-ring (bicyclic) bond motifs is 1. The van der Waals surface area contributed by atoms with Crippen LogP contribution in [0.4, 0.5) is 11.6 Å². The van der Waals surface area contributed by atoms with Crippen molar-refractivity contribution in [3.8, 4) is 10.7 Å². The maximum absolute atomic E-state index is 13.4. The molecule has 0 aliphatic carbocycles. The summed E-state index contributed by atoms with van der Waals surface area (Å²) in [5.74, 6) is 0.803. The van der Waals surface area contributed by atoms with Crippen LogP contribution >= 0.6 is 34.5 Å². The summed E-state index contributed by atoms with van der Waals surface area (Å²) in [6, 6.07) is 12.0. The summed E-state index contributed by atoms with van der Waals surface area (Å²) < 4.78 is 1.69. The van der Waals surface area contributed by atoms with Gasteiger partial charge in [0.05, 0.1) is 22.3 Å². The second kappa shape index (κ2) is 8.38. The van der Waals surface area contributed by atoms with Gasteiger partial charge in [-0.15, -0.1) is 16.4 Å². The molecule has 0 bridgehead atoms. The molecule has 3 aromatic heterocycles. The first-order valence-electron chi connectivity index (χ1n) is 9.66. The Morgan fingerprint density at radius 1 is 1.22 bits per heavy atom. The van der Waals surface area contributed by atoms with Crippen LogP contribution in [0.3, 0.4) is 0 Å². The SMILES string of the molecule is CC1=C(C(=O)Nc2cccnc2)C(c2ccc(Cl)cc2Cl)n2nc(-c3cccs3)nc2N1. The predicted octanol–water partition coefficient (Wildman–Crippen LogP) is 5.64. The molecule has 10 heteroatoms. The molecule has 160 valence electrons. The molecule has 2 N–H and O–H groups in total. The van der Waals surface area contributed by atoms with Crippen LogP contribution in [0.1, 0.15) is 18.5 Å². The smallest absolute Gasteiger partial charge is 0.255 e. The molecule has 1 aromatic carbocycles. The Labute approximate surface area is 197 Å². The Hall–Kier alpha value is -3.20. The number of anilines is 2. The van der Waals surface area contributed by atoms with E-state index in [-0.39, 0.29) is 5.91 Å². The number of rotatable bonds is 4. The zero-order valence-corrected chi connectivity index (χ0v) is 19.0. The van der Waals surface area contributed by atoms with Crippen molar-refractivity contribution in [3.05, 3.63) is 87.1 Å². The van der Waals surface area contributed by atoms with E-state index < -0.39 is 6.04 Å². The van der Waals surface area contributed by atoms with E-state index in [1.807, 2.05) is 30.5 Å². The van der Waals surface area contributed by atoms with Crippen molar-refractivity contribution in [2.24, 2.45) is 0 Å². The molecule has 1 amide bonds. The van der Waals surface area contributed by atoms with Gasteiger partial charge in [0.2, 0.25) is 5.95 Å². The van der Waals surface area contributed by atoms with E-state index >= 15 is 0 Å². The van der Waals surface area contributed by atoms with Gasteiger partial charge in [-0.25, -0.2) is 4.68 Å². The highest BCUT2D eigenvalue weighted by Gasteiger charge is 2.35.